The molecule has 0 aromatic carbocycles. The summed E-state index contributed by atoms with van der Waals surface area (Å²) in [6, 6.07) is 0. The molecule has 3 fully saturated rings. The van der Waals surface area contributed by atoms with Crippen LogP contribution in [-0.2, 0) is 9.59 Å². The van der Waals surface area contributed by atoms with Crippen LogP contribution in [-0.4, -0.2) is 11.6 Å². The Morgan fingerprint density at radius 2 is 1.86 bits per heavy atom. The van der Waals surface area contributed by atoms with Crippen molar-refractivity contribution in [3.8, 4) is 0 Å². The molecule has 0 amide bonds. The van der Waals surface area contributed by atoms with Crippen molar-refractivity contribution in [2.24, 2.45) is 28.6 Å². The Kier molecular flexibility index (Phi) is 2.81. The zero-order chi connectivity index (χ0) is 14.8. The number of hydrogen-bond acceptors (Lipinski definition) is 2. The number of ketones is 2. The van der Waals surface area contributed by atoms with Crippen LogP contribution in [0, 0.1) is 28.6 Å². The van der Waals surface area contributed by atoms with Gasteiger partial charge in [0.2, 0.25) is 0 Å². The van der Waals surface area contributed by atoms with Gasteiger partial charge < -0.3 is 0 Å². The average molecular weight is 286 g/mol. The van der Waals surface area contributed by atoms with Gasteiger partial charge in [-0.25, -0.2) is 0 Å². The van der Waals surface area contributed by atoms with Crippen LogP contribution in [0.2, 0.25) is 0 Å². The Morgan fingerprint density at radius 1 is 1.05 bits per heavy atom. The molecule has 4 rings (SSSR count). The fourth-order valence-corrected chi connectivity index (χ4v) is 6.34. The van der Waals surface area contributed by atoms with E-state index in [1.165, 1.54) is 24.8 Å². The third-order valence-electron chi connectivity index (χ3n) is 7.53. The van der Waals surface area contributed by atoms with Crippen LogP contribution in [0.5, 0.6) is 0 Å². The van der Waals surface area contributed by atoms with Crippen molar-refractivity contribution < 1.29 is 9.59 Å². The highest BCUT2D eigenvalue weighted by molar-refractivity contribution is 5.91. The molecule has 5 atom stereocenters. The lowest BCUT2D eigenvalue weighted by atomic mass is 9.47. The van der Waals surface area contributed by atoms with Gasteiger partial charge in [0, 0.05) is 19.3 Å². The van der Waals surface area contributed by atoms with E-state index >= 15 is 0 Å². The molecule has 1 unspecified atom stereocenters. The van der Waals surface area contributed by atoms with Crippen LogP contribution < -0.4 is 0 Å². The number of carbonyl (C=O) groups excluding carboxylic acids is 2. The average Bonchev–Trinajstić information content (AvgIpc) is 2.74. The summed E-state index contributed by atoms with van der Waals surface area (Å²) in [4.78, 5) is 23.8. The van der Waals surface area contributed by atoms with E-state index in [0.717, 1.165) is 32.1 Å². The van der Waals surface area contributed by atoms with Crippen LogP contribution in [0.15, 0.2) is 11.6 Å². The molecule has 4 aliphatic carbocycles. The first-order chi connectivity index (χ1) is 9.92. The molecule has 0 bridgehead atoms. The molecule has 0 aliphatic heterocycles. The number of Topliss-reactive ketones (excluding diaryl/α,β-unsaturated/α-hetero) is 1. The minimum Gasteiger partial charge on any atom is -0.300 e. The van der Waals surface area contributed by atoms with Gasteiger partial charge in [-0.1, -0.05) is 19.4 Å². The van der Waals surface area contributed by atoms with Gasteiger partial charge in [-0.05, 0) is 66.8 Å². The molecule has 0 N–H and O–H groups in total. The third kappa shape index (κ3) is 1.83. The molecule has 2 nitrogen and oxygen atoms in total. The number of fused-ring (bicyclic) bond motifs is 5. The largest absolute Gasteiger partial charge is 0.300 e. The van der Waals surface area contributed by atoms with Crippen molar-refractivity contribution in [2.75, 3.05) is 0 Å². The summed E-state index contributed by atoms with van der Waals surface area (Å²) >= 11 is 0. The van der Waals surface area contributed by atoms with E-state index < -0.39 is 0 Å². The van der Waals surface area contributed by atoms with Crippen LogP contribution in [0.1, 0.15) is 65.2 Å². The second-order valence-electron chi connectivity index (χ2n) is 8.58. The highest BCUT2D eigenvalue weighted by Gasteiger charge is 2.57. The van der Waals surface area contributed by atoms with Crippen molar-refractivity contribution in [3.63, 3.8) is 0 Å². The van der Waals surface area contributed by atoms with E-state index in [1.54, 1.807) is 0 Å². The van der Waals surface area contributed by atoms with Crippen molar-refractivity contribution in [1.29, 1.82) is 0 Å². The van der Waals surface area contributed by atoms with Gasteiger partial charge in [-0.3, -0.25) is 9.59 Å². The van der Waals surface area contributed by atoms with Gasteiger partial charge in [-0.2, -0.15) is 0 Å². The topological polar surface area (TPSA) is 34.1 Å². The van der Waals surface area contributed by atoms with Crippen molar-refractivity contribution >= 4 is 11.6 Å². The SMILES string of the molecule is C[C@]12CCC3[C@@H](CCC4=CC(=O)CC[C@@]43C)[C@@H]1CC(=O)C2. The predicted molar refractivity (Wildman–Crippen MR) is 81.7 cm³/mol. The first kappa shape index (κ1) is 13.7. The maximum atomic E-state index is 12.0. The van der Waals surface area contributed by atoms with E-state index in [4.69, 9.17) is 0 Å². The first-order valence-corrected chi connectivity index (χ1v) is 8.68. The predicted octanol–water partition coefficient (Wildman–Crippen LogP) is 4.09. The fourth-order valence-electron chi connectivity index (χ4n) is 6.34. The molecular weight excluding hydrogens is 260 g/mol. The molecule has 0 aromatic heterocycles. The number of rotatable bonds is 0. The lowest BCUT2D eigenvalue weighted by Crippen LogP contribution is -2.49. The van der Waals surface area contributed by atoms with Gasteiger partial charge in [0.1, 0.15) is 5.78 Å². The smallest absolute Gasteiger partial charge is 0.155 e. The molecule has 0 saturated heterocycles. The highest BCUT2D eigenvalue weighted by Crippen LogP contribution is 2.64. The molecule has 0 aromatic rings. The van der Waals surface area contributed by atoms with Gasteiger partial charge in [0.05, 0.1) is 0 Å². The second kappa shape index (κ2) is 4.30. The Morgan fingerprint density at radius 3 is 2.67 bits per heavy atom. The molecular formula is C19H26O2. The van der Waals surface area contributed by atoms with Crippen LogP contribution in [0.25, 0.3) is 0 Å². The normalized spacial score (nSPS) is 49.2. The van der Waals surface area contributed by atoms with Crippen LogP contribution in [0.3, 0.4) is 0 Å². The van der Waals surface area contributed by atoms with E-state index in [1.807, 2.05) is 6.08 Å². The molecule has 0 spiro atoms. The van der Waals surface area contributed by atoms with Crippen molar-refractivity contribution in [1.82, 2.24) is 0 Å². The minimum atomic E-state index is 0.240. The highest BCUT2D eigenvalue weighted by atomic mass is 16.1. The van der Waals surface area contributed by atoms with E-state index in [2.05, 4.69) is 13.8 Å². The summed E-state index contributed by atoms with van der Waals surface area (Å²) in [5.41, 5.74) is 1.94. The lowest BCUT2D eigenvalue weighted by Gasteiger charge is -2.57. The molecule has 0 radical (unpaired) electrons. The Hall–Kier alpha value is -0.920. The lowest BCUT2D eigenvalue weighted by molar-refractivity contribution is -0.118. The third-order valence-corrected chi connectivity index (χ3v) is 7.53. The summed E-state index contributed by atoms with van der Waals surface area (Å²) in [7, 11) is 0. The van der Waals surface area contributed by atoms with E-state index in [0.29, 0.717) is 29.3 Å². The van der Waals surface area contributed by atoms with Gasteiger partial charge in [0.25, 0.3) is 0 Å². The van der Waals surface area contributed by atoms with E-state index in [-0.39, 0.29) is 10.8 Å². The number of hydrogen-bond donors (Lipinski definition) is 0. The molecule has 4 aliphatic rings. The number of allylic oxidation sites excluding steroid dienone is 1. The van der Waals surface area contributed by atoms with Crippen molar-refractivity contribution in [3.05, 3.63) is 11.6 Å². The monoisotopic (exact) mass is 286 g/mol. The summed E-state index contributed by atoms with van der Waals surface area (Å²) in [5.74, 6) is 2.85. The van der Waals surface area contributed by atoms with Crippen LogP contribution >= 0.6 is 0 Å². The Bertz CT molecular complexity index is 546. The zero-order valence-corrected chi connectivity index (χ0v) is 13.3. The Labute approximate surface area is 127 Å². The maximum absolute atomic E-state index is 12.0. The standard InChI is InChI=1S/C19H26O2/c1-18-7-6-16-15(17(18)10-14(21)11-18)4-3-12-9-13(20)5-8-19(12,16)2/h9,15-17H,3-8,10-11H2,1-2H3/t15-,16?,17+,18-,19+/m1/s1. The number of carbonyl (C=O) groups is 2. The molecule has 0 heterocycles. The van der Waals surface area contributed by atoms with Crippen LogP contribution in [0.4, 0.5) is 0 Å². The minimum absolute atomic E-state index is 0.240. The molecule has 2 heteroatoms. The zero-order valence-electron chi connectivity index (χ0n) is 13.3. The maximum Gasteiger partial charge on any atom is 0.155 e. The molecule has 114 valence electrons. The fraction of sp³-hybridized carbons (Fsp3) is 0.789. The quantitative estimate of drug-likeness (QED) is 0.672. The summed E-state index contributed by atoms with van der Waals surface area (Å²) in [6.07, 6.45) is 10.1. The van der Waals surface area contributed by atoms with Crippen molar-refractivity contribution in [2.45, 2.75) is 65.2 Å². The van der Waals surface area contributed by atoms with Gasteiger partial charge in [-0.15, -0.1) is 0 Å². The summed E-state index contributed by atoms with van der Waals surface area (Å²) < 4.78 is 0. The first-order valence-electron chi connectivity index (χ1n) is 8.68. The summed E-state index contributed by atoms with van der Waals surface area (Å²) in [6.45, 7) is 4.76. The van der Waals surface area contributed by atoms with E-state index in [9.17, 15) is 9.59 Å². The Balaban J connectivity index is 1.70. The molecule has 21 heavy (non-hydrogen) atoms. The summed E-state index contributed by atoms with van der Waals surface area (Å²) in [5, 5.41) is 0. The van der Waals surface area contributed by atoms with Gasteiger partial charge in [0.15, 0.2) is 5.78 Å². The second-order valence-corrected chi connectivity index (χ2v) is 8.58. The van der Waals surface area contributed by atoms with Gasteiger partial charge >= 0.3 is 0 Å². The molecule has 3 saturated carbocycles.